The molecule has 82 valence electrons. The van der Waals surface area contributed by atoms with E-state index in [1.165, 1.54) is 19.2 Å². The highest BCUT2D eigenvalue weighted by atomic mass is 19.1. The number of ether oxygens (including phenoxy) is 2. The number of benzene rings is 1. The molecule has 0 fully saturated rings. The van der Waals surface area contributed by atoms with Crippen molar-refractivity contribution in [2.75, 3.05) is 20.3 Å². The van der Waals surface area contributed by atoms with Crippen LogP contribution in [0.1, 0.15) is 5.56 Å². The molecule has 4 heteroatoms. The number of rotatable bonds is 5. The van der Waals surface area contributed by atoms with Gasteiger partial charge in [-0.05, 0) is 24.1 Å². The van der Waals surface area contributed by atoms with Gasteiger partial charge in [0.05, 0.1) is 13.7 Å². The number of hydrogen-bond acceptors (Lipinski definition) is 3. The lowest BCUT2D eigenvalue weighted by atomic mass is 10.2. The summed E-state index contributed by atoms with van der Waals surface area (Å²) in [6.07, 6.45) is 0.578. The molecule has 3 nitrogen and oxygen atoms in total. The summed E-state index contributed by atoms with van der Waals surface area (Å²) in [5, 5.41) is 0. The molecule has 0 N–H and O–H groups in total. The molecule has 0 saturated heterocycles. The molecule has 1 aromatic rings. The van der Waals surface area contributed by atoms with Gasteiger partial charge in [-0.2, -0.15) is 0 Å². The fraction of sp³-hybridized carbons (Fsp3) is 0.364. The molecule has 0 aliphatic carbocycles. The van der Waals surface area contributed by atoms with Crippen molar-refractivity contribution in [3.8, 4) is 0 Å². The minimum atomic E-state index is -0.408. The monoisotopic (exact) mass is 212 g/mol. The van der Waals surface area contributed by atoms with Gasteiger partial charge in [0.15, 0.2) is 0 Å². The van der Waals surface area contributed by atoms with Crippen LogP contribution in [0.4, 0.5) is 4.39 Å². The lowest BCUT2D eigenvalue weighted by Gasteiger charge is -2.03. The Hall–Kier alpha value is -1.42. The van der Waals surface area contributed by atoms with Gasteiger partial charge >= 0.3 is 5.97 Å². The molecule has 15 heavy (non-hydrogen) atoms. The summed E-state index contributed by atoms with van der Waals surface area (Å²) >= 11 is 0. The van der Waals surface area contributed by atoms with Gasteiger partial charge in [-0.3, -0.25) is 0 Å². The molecule has 0 heterocycles. The largest absolute Gasteiger partial charge is 0.467 e. The van der Waals surface area contributed by atoms with Crippen molar-refractivity contribution in [1.29, 1.82) is 0 Å². The number of hydrogen-bond donors (Lipinski definition) is 0. The van der Waals surface area contributed by atoms with Crippen LogP contribution in [0.15, 0.2) is 24.3 Å². The molecule has 0 amide bonds. The highest BCUT2D eigenvalue weighted by Gasteiger charge is 2.00. The first-order valence-electron chi connectivity index (χ1n) is 4.61. The molecule has 1 aromatic carbocycles. The first kappa shape index (κ1) is 11.7. The van der Waals surface area contributed by atoms with Crippen LogP contribution >= 0.6 is 0 Å². The molecule has 0 spiro atoms. The highest BCUT2D eigenvalue weighted by Crippen LogP contribution is 2.04. The number of esters is 1. The van der Waals surface area contributed by atoms with Crippen LogP contribution in [-0.4, -0.2) is 26.3 Å². The van der Waals surface area contributed by atoms with Gasteiger partial charge < -0.3 is 9.47 Å². The Balaban J connectivity index is 2.23. The van der Waals surface area contributed by atoms with Gasteiger partial charge in [0.1, 0.15) is 12.4 Å². The van der Waals surface area contributed by atoms with E-state index in [1.54, 1.807) is 6.07 Å². The van der Waals surface area contributed by atoms with Crippen LogP contribution < -0.4 is 0 Å². The standard InChI is InChI=1S/C11H13FO3/c1-14-11(13)8-15-6-5-9-3-2-4-10(12)7-9/h2-4,7H,5-6,8H2,1H3. The Morgan fingerprint density at radius 1 is 1.47 bits per heavy atom. The Bertz CT molecular complexity index is 325. The normalized spacial score (nSPS) is 10.0. The Morgan fingerprint density at radius 3 is 2.93 bits per heavy atom. The summed E-state index contributed by atoms with van der Waals surface area (Å²) in [5.41, 5.74) is 0.847. The van der Waals surface area contributed by atoms with Crippen LogP contribution in [0.3, 0.4) is 0 Å². The van der Waals surface area contributed by atoms with E-state index in [-0.39, 0.29) is 12.4 Å². The van der Waals surface area contributed by atoms with Crippen molar-refractivity contribution < 1.29 is 18.7 Å². The minimum absolute atomic E-state index is 0.0637. The maximum Gasteiger partial charge on any atom is 0.331 e. The topological polar surface area (TPSA) is 35.5 Å². The zero-order chi connectivity index (χ0) is 11.1. The fourth-order valence-corrected chi connectivity index (χ4v) is 1.10. The average molecular weight is 212 g/mol. The van der Waals surface area contributed by atoms with Gasteiger partial charge in [0, 0.05) is 0 Å². The third-order valence-corrected chi connectivity index (χ3v) is 1.87. The molecular formula is C11H13FO3. The van der Waals surface area contributed by atoms with Gasteiger partial charge in [0.25, 0.3) is 0 Å². The maximum atomic E-state index is 12.7. The third kappa shape index (κ3) is 4.56. The van der Waals surface area contributed by atoms with Gasteiger partial charge in [0.2, 0.25) is 0 Å². The Labute approximate surface area is 87.8 Å². The molecule has 0 aromatic heterocycles. The molecule has 0 aliphatic rings. The summed E-state index contributed by atoms with van der Waals surface area (Å²) < 4.78 is 22.2. The van der Waals surface area contributed by atoms with E-state index in [0.717, 1.165) is 5.56 Å². The molecule has 1 rings (SSSR count). The highest BCUT2D eigenvalue weighted by molar-refractivity contribution is 5.70. The molecule has 0 unspecified atom stereocenters. The molecule has 0 aliphatic heterocycles. The SMILES string of the molecule is COC(=O)COCCc1cccc(F)c1. The van der Waals surface area contributed by atoms with Gasteiger partial charge in [-0.15, -0.1) is 0 Å². The second-order valence-electron chi connectivity index (χ2n) is 3.01. The fourth-order valence-electron chi connectivity index (χ4n) is 1.10. The van der Waals surface area contributed by atoms with Crippen molar-refractivity contribution in [3.05, 3.63) is 35.6 Å². The van der Waals surface area contributed by atoms with E-state index >= 15 is 0 Å². The lowest BCUT2D eigenvalue weighted by molar-refractivity contribution is -0.145. The first-order valence-corrected chi connectivity index (χ1v) is 4.61. The maximum absolute atomic E-state index is 12.7. The van der Waals surface area contributed by atoms with Crippen LogP contribution in [0.5, 0.6) is 0 Å². The van der Waals surface area contributed by atoms with Crippen LogP contribution in [0.2, 0.25) is 0 Å². The zero-order valence-corrected chi connectivity index (χ0v) is 8.53. The number of carbonyl (C=O) groups excluding carboxylic acids is 1. The van der Waals surface area contributed by atoms with Crippen molar-refractivity contribution in [3.63, 3.8) is 0 Å². The van der Waals surface area contributed by atoms with Gasteiger partial charge in [-0.1, -0.05) is 12.1 Å². The Kier molecular flexibility index (Phi) is 4.77. The van der Waals surface area contributed by atoms with Crippen molar-refractivity contribution in [2.45, 2.75) is 6.42 Å². The van der Waals surface area contributed by atoms with Gasteiger partial charge in [-0.25, -0.2) is 9.18 Å². The quantitative estimate of drug-likeness (QED) is 0.549. The van der Waals surface area contributed by atoms with E-state index < -0.39 is 5.97 Å². The Morgan fingerprint density at radius 2 is 2.27 bits per heavy atom. The van der Waals surface area contributed by atoms with Crippen molar-refractivity contribution >= 4 is 5.97 Å². The smallest absolute Gasteiger partial charge is 0.331 e. The molecule has 0 atom stereocenters. The van der Waals surface area contributed by atoms with Crippen LogP contribution in [0, 0.1) is 5.82 Å². The van der Waals surface area contributed by atoms with Crippen molar-refractivity contribution in [2.24, 2.45) is 0 Å². The minimum Gasteiger partial charge on any atom is -0.467 e. The molecule has 0 bridgehead atoms. The second kappa shape index (κ2) is 6.14. The zero-order valence-electron chi connectivity index (χ0n) is 8.53. The molecule has 0 saturated carbocycles. The summed E-state index contributed by atoms with van der Waals surface area (Å²) in [7, 11) is 1.30. The predicted molar refractivity (Wildman–Crippen MR) is 52.9 cm³/mol. The second-order valence-corrected chi connectivity index (χ2v) is 3.01. The van der Waals surface area contributed by atoms with Crippen LogP contribution in [-0.2, 0) is 20.7 Å². The van der Waals surface area contributed by atoms with E-state index in [0.29, 0.717) is 13.0 Å². The number of methoxy groups -OCH3 is 1. The number of halogens is 1. The van der Waals surface area contributed by atoms with E-state index in [1.807, 2.05) is 6.07 Å². The van der Waals surface area contributed by atoms with E-state index in [2.05, 4.69) is 4.74 Å². The molecule has 0 radical (unpaired) electrons. The van der Waals surface area contributed by atoms with E-state index in [9.17, 15) is 9.18 Å². The van der Waals surface area contributed by atoms with Crippen LogP contribution in [0.25, 0.3) is 0 Å². The first-order chi connectivity index (χ1) is 7.22. The summed E-state index contributed by atoms with van der Waals surface area (Å²) in [4.78, 5) is 10.7. The third-order valence-electron chi connectivity index (χ3n) is 1.87. The van der Waals surface area contributed by atoms with Crippen molar-refractivity contribution in [1.82, 2.24) is 0 Å². The lowest BCUT2D eigenvalue weighted by Crippen LogP contribution is -2.11. The average Bonchev–Trinajstić information content (AvgIpc) is 2.24. The van der Waals surface area contributed by atoms with E-state index in [4.69, 9.17) is 4.74 Å². The number of carbonyl (C=O) groups is 1. The predicted octanol–water partition coefficient (Wildman–Crippen LogP) is 1.56. The summed E-state index contributed by atoms with van der Waals surface area (Å²) in [5.74, 6) is -0.672. The molecular weight excluding hydrogens is 199 g/mol. The summed E-state index contributed by atoms with van der Waals surface area (Å²) in [6, 6.07) is 6.29. The summed E-state index contributed by atoms with van der Waals surface area (Å²) in [6.45, 7) is 0.310.